The zero-order valence-corrected chi connectivity index (χ0v) is 12.0. The largest absolute Gasteiger partial charge is 0.313 e. The molecule has 0 atom stereocenters. The molecule has 0 fully saturated rings. The molecule has 1 aromatic rings. The molecule has 0 amide bonds. The molecular weight excluding hydrogens is 311 g/mol. The van der Waals surface area contributed by atoms with E-state index in [1.165, 1.54) is 13.1 Å². The van der Waals surface area contributed by atoms with Gasteiger partial charge in [0.25, 0.3) is 0 Å². The van der Waals surface area contributed by atoms with Gasteiger partial charge in [-0.25, -0.2) is 17.5 Å². The standard InChI is InChI=1S/C10H14BrFN2O2S/c1-3-14-6-7-4-8(11)5-9(10(7)12)17(15,16)13-2/h4-5,13-14H,3,6H2,1-2H3. The summed E-state index contributed by atoms with van der Waals surface area (Å²) in [5.41, 5.74) is 0.315. The molecule has 2 N–H and O–H groups in total. The molecule has 0 saturated heterocycles. The molecule has 0 saturated carbocycles. The van der Waals surface area contributed by atoms with Crippen molar-refractivity contribution in [3.05, 3.63) is 28.0 Å². The number of benzene rings is 1. The van der Waals surface area contributed by atoms with Gasteiger partial charge in [-0.2, -0.15) is 0 Å². The normalized spacial score (nSPS) is 11.8. The Balaban J connectivity index is 3.28. The van der Waals surface area contributed by atoms with E-state index in [0.29, 0.717) is 16.6 Å². The van der Waals surface area contributed by atoms with Crippen LogP contribution in [-0.4, -0.2) is 22.0 Å². The van der Waals surface area contributed by atoms with E-state index in [2.05, 4.69) is 26.0 Å². The highest BCUT2D eigenvalue weighted by Crippen LogP contribution is 2.23. The first-order valence-electron chi connectivity index (χ1n) is 5.04. The van der Waals surface area contributed by atoms with Crippen LogP contribution in [0.15, 0.2) is 21.5 Å². The summed E-state index contributed by atoms with van der Waals surface area (Å²) in [6.07, 6.45) is 0. The van der Waals surface area contributed by atoms with Crippen molar-refractivity contribution in [3.63, 3.8) is 0 Å². The Morgan fingerprint density at radius 3 is 2.59 bits per heavy atom. The molecule has 0 aromatic heterocycles. The van der Waals surface area contributed by atoms with Crippen LogP contribution in [0.2, 0.25) is 0 Å². The van der Waals surface area contributed by atoms with Crippen molar-refractivity contribution < 1.29 is 12.8 Å². The van der Waals surface area contributed by atoms with Crippen molar-refractivity contribution in [3.8, 4) is 0 Å². The van der Waals surface area contributed by atoms with Gasteiger partial charge in [0.1, 0.15) is 10.7 Å². The summed E-state index contributed by atoms with van der Waals surface area (Å²) < 4.78 is 39.8. The summed E-state index contributed by atoms with van der Waals surface area (Å²) in [6, 6.07) is 2.81. The van der Waals surface area contributed by atoms with Crippen LogP contribution in [-0.2, 0) is 16.6 Å². The van der Waals surface area contributed by atoms with Crippen molar-refractivity contribution in [1.29, 1.82) is 0 Å². The first kappa shape index (κ1) is 14.6. The fourth-order valence-electron chi connectivity index (χ4n) is 1.31. The van der Waals surface area contributed by atoms with Crippen LogP contribution < -0.4 is 10.0 Å². The number of hydrogen-bond acceptors (Lipinski definition) is 3. The Labute approximate surface area is 109 Å². The number of sulfonamides is 1. The molecule has 4 nitrogen and oxygen atoms in total. The minimum absolute atomic E-state index is 0.286. The summed E-state index contributed by atoms with van der Waals surface area (Å²) in [7, 11) is -2.53. The molecule has 7 heteroatoms. The van der Waals surface area contributed by atoms with E-state index >= 15 is 0 Å². The first-order chi connectivity index (χ1) is 7.92. The lowest BCUT2D eigenvalue weighted by atomic mass is 10.2. The summed E-state index contributed by atoms with van der Waals surface area (Å²) in [5, 5.41) is 2.95. The van der Waals surface area contributed by atoms with Crippen molar-refractivity contribution in [2.75, 3.05) is 13.6 Å². The second-order valence-electron chi connectivity index (χ2n) is 3.36. The summed E-state index contributed by atoms with van der Waals surface area (Å²) in [6.45, 7) is 2.86. The van der Waals surface area contributed by atoms with Gasteiger partial charge in [-0.15, -0.1) is 0 Å². The van der Waals surface area contributed by atoms with Crippen molar-refractivity contribution in [1.82, 2.24) is 10.0 Å². The van der Waals surface area contributed by atoms with Crippen molar-refractivity contribution >= 4 is 26.0 Å². The molecule has 0 aliphatic rings. The summed E-state index contributed by atoms with van der Waals surface area (Å²) in [4.78, 5) is -0.345. The molecule has 1 aromatic carbocycles. The average molecular weight is 325 g/mol. The van der Waals surface area contributed by atoms with E-state index < -0.39 is 15.8 Å². The third kappa shape index (κ3) is 3.48. The third-order valence-corrected chi connectivity index (χ3v) is 4.07. The topological polar surface area (TPSA) is 58.2 Å². The van der Waals surface area contributed by atoms with Gasteiger partial charge in [-0.1, -0.05) is 22.9 Å². The second kappa shape index (κ2) is 5.90. The molecular formula is C10H14BrFN2O2S. The zero-order chi connectivity index (χ0) is 13.1. The van der Waals surface area contributed by atoms with Crippen molar-refractivity contribution in [2.24, 2.45) is 0 Å². The van der Waals surface area contributed by atoms with Gasteiger partial charge in [-0.05, 0) is 25.7 Å². The Morgan fingerprint density at radius 1 is 1.41 bits per heavy atom. The highest BCUT2D eigenvalue weighted by atomic mass is 79.9. The predicted octanol–water partition coefficient (Wildman–Crippen LogP) is 1.61. The molecule has 0 aliphatic carbocycles. The third-order valence-electron chi connectivity index (χ3n) is 2.20. The lowest BCUT2D eigenvalue weighted by molar-refractivity contribution is 0.546. The lowest BCUT2D eigenvalue weighted by Gasteiger charge is -2.10. The molecule has 96 valence electrons. The highest BCUT2D eigenvalue weighted by molar-refractivity contribution is 9.10. The van der Waals surface area contributed by atoms with Gasteiger partial charge < -0.3 is 5.32 Å². The predicted molar refractivity (Wildman–Crippen MR) is 67.7 cm³/mol. The quantitative estimate of drug-likeness (QED) is 0.865. The number of halogens is 2. The maximum atomic E-state index is 14.0. The molecule has 0 aliphatic heterocycles. The second-order valence-corrected chi connectivity index (χ2v) is 6.14. The van der Waals surface area contributed by atoms with E-state index in [1.807, 2.05) is 6.92 Å². The molecule has 0 heterocycles. The SMILES string of the molecule is CCNCc1cc(Br)cc(S(=O)(=O)NC)c1F. The molecule has 0 unspecified atom stereocenters. The maximum absolute atomic E-state index is 14.0. The Kier molecular flexibility index (Phi) is 5.05. The monoisotopic (exact) mass is 324 g/mol. The van der Waals surface area contributed by atoms with Gasteiger partial charge in [-0.3, -0.25) is 0 Å². The molecule has 0 radical (unpaired) electrons. The Hall–Kier alpha value is -0.500. The number of hydrogen-bond donors (Lipinski definition) is 2. The molecule has 1 rings (SSSR count). The van der Waals surface area contributed by atoms with Crippen LogP contribution in [0.5, 0.6) is 0 Å². The fraction of sp³-hybridized carbons (Fsp3) is 0.400. The van der Waals surface area contributed by atoms with Crippen molar-refractivity contribution in [2.45, 2.75) is 18.4 Å². The fourth-order valence-corrected chi connectivity index (χ4v) is 2.84. The zero-order valence-electron chi connectivity index (χ0n) is 9.55. The van der Waals surface area contributed by atoms with Gasteiger partial charge >= 0.3 is 0 Å². The van der Waals surface area contributed by atoms with Gasteiger partial charge in [0.05, 0.1) is 0 Å². The molecule has 0 bridgehead atoms. The number of rotatable bonds is 5. The Morgan fingerprint density at radius 2 is 2.06 bits per heavy atom. The maximum Gasteiger partial charge on any atom is 0.243 e. The van der Waals surface area contributed by atoms with E-state index in [-0.39, 0.29) is 11.4 Å². The van der Waals surface area contributed by atoms with E-state index in [0.717, 1.165) is 0 Å². The van der Waals surface area contributed by atoms with Crippen LogP contribution in [0.3, 0.4) is 0 Å². The van der Waals surface area contributed by atoms with Crippen LogP contribution in [0.25, 0.3) is 0 Å². The summed E-state index contributed by atoms with van der Waals surface area (Å²) in [5.74, 6) is -0.719. The van der Waals surface area contributed by atoms with E-state index in [1.54, 1.807) is 6.07 Å². The molecule has 17 heavy (non-hydrogen) atoms. The number of nitrogens with one attached hydrogen (secondary N) is 2. The minimum Gasteiger partial charge on any atom is -0.313 e. The Bertz CT molecular complexity index is 505. The van der Waals surface area contributed by atoms with Gasteiger partial charge in [0, 0.05) is 16.6 Å². The van der Waals surface area contributed by atoms with E-state index in [4.69, 9.17) is 0 Å². The minimum atomic E-state index is -3.78. The van der Waals surface area contributed by atoms with E-state index in [9.17, 15) is 12.8 Å². The highest BCUT2D eigenvalue weighted by Gasteiger charge is 2.20. The van der Waals surface area contributed by atoms with Crippen LogP contribution in [0.1, 0.15) is 12.5 Å². The smallest absolute Gasteiger partial charge is 0.243 e. The van der Waals surface area contributed by atoms with Crippen LogP contribution in [0, 0.1) is 5.82 Å². The first-order valence-corrected chi connectivity index (χ1v) is 7.32. The summed E-state index contributed by atoms with van der Waals surface area (Å²) >= 11 is 3.17. The molecule has 0 spiro atoms. The van der Waals surface area contributed by atoms with Crippen LogP contribution in [0.4, 0.5) is 4.39 Å². The van der Waals surface area contributed by atoms with Crippen LogP contribution >= 0.6 is 15.9 Å². The van der Waals surface area contributed by atoms with Gasteiger partial charge in [0.15, 0.2) is 0 Å². The van der Waals surface area contributed by atoms with Gasteiger partial charge in [0.2, 0.25) is 10.0 Å². The lowest BCUT2D eigenvalue weighted by Crippen LogP contribution is -2.21. The average Bonchev–Trinajstić information content (AvgIpc) is 2.29.